The predicted octanol–water partition coefficient (Wildman–Crippen LogP) is 2.53. The summed E-state index contributed by atoms with van der Waals surface area (Å²) in [4.78, 5) is 18.0. The fraction of sp³-hybridized carbons (Fsp3) is 0.333. The maximum absolute atomic E-state index is 13.2. The third-order valence-electron chi connectivity index (χ3n) is 5.76. The molecule has 3 aromatic rings. The van der Waals surface area contributed by atoms with E-state index in [1.807, 2.05) is 37.3 Å². The Balaban J connectivity index is 1.78. The summed E-state index contributed by atoms with van der Waals surface area (Å²) in [6.45, 7) is 2.46. The lowest BCUT2D eigenvalue weighted by Gasteiger charge is -2.39. The molecule has 0 unspecified atom stereocenters. The van der Waals surface area contributed by atoms with E-state index in [9.17, 15) is 9.90 Å². The van der Waals surface area contributed by atoms with Crippen molar-refractivity contribution in [1.29, 1.82) is 0 Å². The van der Waals surface area contributed by atoms with Crippen molar-refractivity contribution >= 4 is 10.9 Å². The minimum Gasteiger partial charge on any atom is -0.380 e. The molecule has 2 atom stereocenters. The van der Waals surface area contributed by atoms with Crippen molar-refractivity contribution in [2.75, 3.05) is 7.11 Å². The van der Waals surface area contributed by atoms with E-state index in [1.54, 1.807) is 4.57 Å². The maximum atomic E-state index is 13.2. The monoisotopic (exact) mass is 364 g/mol. The SMILES string of the molecule is CC[C@]1(O)c2cc3n(c(=O)c2CO[C@@H]1OC)Cc1cc2ccccc2nc1-3. The van der Waals surface area contributed by atoms with Gasteiger partial charge in [-0.25, -0.2) is 4.98 Å². The van der Waals surface area contributed by atoms with Crippen LogP contribution in [0.2, 0.25) is 0 Å². The van der Waals surface area contributed by atoms with Gasteiger partial charge in [-0.2, -0.15) is 0 Å². The van der Waals surface area contributed by atoms with Crippen molar-refractivity contribution in [1.82, 2.24) is 9.55 Å². The molecule has 0 bridgehead atoms. The lowest BCUT2D eigenvalue weighted by atomic mass is 9.85. The summed E-state index contributed by atoms with van der Waals surface area (Å²) in [5.41, 5.74) is 3.02. The summed E-state index contributed by atoms with van der Waals surface area (Å²) in [7, 11) is 1.50. The summed E-state index contributed by atoms with van der Waals surface area (Å²) in [5.74, 6) is 0. The maximum Gasteiger partial charge on any atom is 0.257 e. The smallest absolute Gasteiger partial charge is 0.257 e. The number of fused-ring (bicyclic) bond motifs is 5. The highest BCUT2D eigenvalue weighted by atomic mass is 16.7. The predicted molar refractivity (Wildman–Crippen MR) is 100 cm³/mol. The van der Waals surface area contributed by atoms with Gasteiger partial charge in [0.25, 0.3) is 5.56 Å². The van der Waals surface area contributed by atoms with Gasteiger partial charge in [0.15, 0.2) is 6.29 Å². The van der Waals surface area contributed by atoms with Gasteiger partial charge in [0, 0.05) is 29.2 Å². The molecule has 27 heavy (non-hydrogen) atoms. The third kappa shape index (κ3) is 2.18. The van der Waals surface area contributed by atoms with Crippen LogP contribution in [-0.4, -0.2) is 28.1 Å². The highest BCUT2D eigenvalue weighted by molar-refractivity contribution is 5.84. The molecule has 0 aliphatic carbocycles. The Morgan fingerprint density at radius 1 is 1.37 bits per heavy atom. The molecule has 0 amide bonds. The number of hydrogen-bond donors (Lipinski definition) is 1. The largest absolute Gasteiger partial charge is 0.380 e. The Kier molecular flexibility index (Phi) is 3.53. The van der Waals surface area contributed by atoms with E-state index in [2.05, 4.69) is 6.07 Å². The van der Waals surface area contributed by atoms with E-state index in [1.165, 1.54) is 7.11 Å². The Hall–Kier alpha value is -2.54. The van der Waals surface area contributed by atoms with Gasteiger partial charge in [-0.1, -0.05) is 25.1 Å². The fourth-order valence-electron chi connectivity index (χ4n) is 4.28. The van der Waals surface area contributed by atoms with E-state index in [-0.39, 0.29) is 12.2 Å². The molecule has 1 N–H and O–H groups in total. The number of pyridine rings is 2. The standard InChI is InChI=1S/C21H20N2O4/c1-3-21(25)15-9-17-18-13(8-12-6-4-5-7-16(12)22-18)10-23(17)19(24)14(15)11-27-20(21)26-2/h4-9,20,25H,3,10-11H2,1-2H3/t20-,21-/m0/s1. The third-order valence-corrected chi connectivity index (χ3v) is 5.76. The number of para-hydroxylation sites is 1. The summed E-state index contributed by atoms with van der Waals surface area (Å²) < 4.78 is 12.7. The van der Waals surface area contributed by atoms with Crippen molar-refractivity contribution < 1.29 is 14.6 Å². The number of rotatable bonds is 2. The van der Waals surface area contributed by atoms with E-state index in [4.69, 9.17) is 14.5 Å². The van der Waals surface area contributed by atoms with E-state index in [0.29, 0.717) is 24.1 Å². The van der Waals surface area contributed by atoms with Crippen molar-refractivity contribution in [2.24, 2.45) is 0 Å². The lowest BCUT2D eigenvalue weighted by molar-refractivity contribution is -0.249. The molecular formula is C21H20N2O4. The van der Waals surface area contributed by atoms with Crippen LogP contribution in [-0.2, 0) is 28.2 Å². The topological polar surface area (TPSA) is 73.6 Å². The summed E-state index contributed by atoms with van der Waals surface area (Å²) in [5, 5.41) is 12.3. The molecule has 138 valence electrons. The van der Waals surface area contributed by atoms with Crippen LogP contribution in [0, 0.1) is 0 Å². The van der Waals surface area contributed by atoms with Crippen molar-refractivity contribution in [3.63, 3.8) is 0 Å². The van der Waals surface area contributed by atoms with E-state index < -0.39 is 11.9 Å². The molecular weight excluding hydrogens is 344 g/mol. The Morgan fingerprint density at radius 3 is 2.96 bits per heavy atom. The molecule has 2 aromatic heterocycles. The lowest BCUT2D eigenvalue weighted by Crippen LogP contribution is -2.48. The van der Waals surface area contributed by atoms with Gasteiger partial charge in [0.1, 0.15) is 5.60 Å². The first kappa shape index (κ1) is 16.6. The van der Waals surface area contributed by atoms with Crippen LogP contribution < -0.4 is 5.56 Å². The molecule has 1 aromatic carbocycles. The number of hydrogen-bond acceptors (Lipinski definition) is 5. The zero-order chi connectivity index (χ0) is 18.8. The van der Waals surface area contributed by atoms with Gasteiger partial charge in [0.2, 0.25) is 0 Å². The normalized spacial score (nSPS) is 23.1. The number of aliphatic hydroxyl groups is 1. The summed E-state index contributed by atoms with van der Waals surface area (Å²) >= 11 is 0. The van der Waals surface area contributed by atoms with Crippen LogP contribution in [0.15, 0.2) is 41.2 Å². The first-order valence-corrected chi connectivity index (χ1v) is 9.10. The molecule has 4 heterocycles. The van der Waals surface area contributed by atoms with Gasteiger partial charge in [-0.3, -0.25) is 4.79 Å². The molecule has 0 fully saturated rings. The Bertz CT molecular complexity index is 1140. The van der Waals surface area contributed by atoms with Crippen LogP contribution in [0.5, 0.6) is 0 Å². The average molecular weight is 364 g/mol. The van der Waals surface area contributed by atoms with Crippen LogP contribution in [0.3, 0.4) is 0 Å². The number of nitrogens with zero attached hydrogens (tertiary/aromatic N) is 2. The molecule has 6 nitrogen and oxygen atoms in total. The van der Waals surface area contributed by atoms with Crippen LogP contribution in [0.1, 0.15) is 30.0 Å². The number of ether oxygens (including phenoxy) is 2. The molecule has 5 rings (SSSR count). The highest BCUT2D eigenvalue weighted by Crippen LogP contribution is 2.40. The van der Waals surface area contributed by atoms with Gasteiger partial charge in [-0.05, 0) is 24.6 Å². The molecule has 2 aliphatic heterocycles. The summed E-state index contributed by atoms with van der Waals surface area (Å²) in [6.07, 6.45) is -0.428. The molecule has 6 heteroatoms. The molecule has 0 spiro atoms. The minimum absolute atomic E-state index is 0.126. The van der Waals surface area contributed by atoms with E-state index >= 15 is 0 Å². The second kappa shape index (κ2) is 5.73. The van der Waals surface area contributed by atoms with Gasteiger partial charge in [-0.15, -0.1) is 0 Å². The first-order chi connectivity index (χ1) is 13.1. The van der Waals surface area contributed by atoms with Crippen LogP contribution in [0.4, 0.5) is 0 Å². The first-order valence-electron chi connectivity index (χ1n) is 9.10. The number of benzene rings is 1. The van der Waals surface area contributed by atoms with Crippen molar-refractivity contribution in [3.05, 3.63) is 63.4 Å². The quantitative estimate of drug-likeness (QED) is 0.592. The van der Waals surface area contributed by atoms with Crippen LogP contribution in [0.25, 0.3) is 22.3 Å². The van der Waals surface area contributed by atoms with E-state index in [0.717, 1.165) is 27.9 Å². The summed E-state index contributed by atoms with van der Waals surface area (Å²) in [6, 6.07) is 11.9. The van der Waals surface area contributed by atoms with Gasteiger partial charge >= 0.3 is 0 Å². The molecule has 0 saturated heterocycles. The zero-order valence-electron chi connectivity index (χ0n) is 15.2. The van der Waals surface area contributed by atoms with Crippen molar-refractivity contribution in [2.45, 2.75) is 38.4 Å². The minimum atomic E-state index is -1.36. The molecule has 0 saturated carbocycles. The van der Waals surface area contributed by atoms with Gasteiger partial charge < -0.3 is 19.1 Å². The van der Waals surface area contributed by atoms with Gasteiger partial charge in [0.05, 0.1) is 30.1 Å². The number of methoxy groups -OCH3 is 1. The molecule has 0 radical (unpaired) electrons. The second-order valence-corrected chi connectivity index (χ2v) is 7.16. The zero-order valence-corrected chi connectivity index (χ0v) is 15.2. The van der Waals surface area contributed by atoms with Crippen molar-refractivity contribution in [3.8, 4) is 11.4 Å². The van der Waals surface area contributed by atoms with Crippen LogP contribution >= 0.6 is 0 Å². The number of aromatic nitrogens is 2. The highest BCUT2D eigenvalue weighted by Gasteiger charge is 2.45. The fourth-order valence-corrected chi connectivity index (χ4v) is 4.28. The average Bonchev–Trinajstić information content (AvgIpc) is 3.05. The molecule has 2 aliphatic rings. The Morgan fingerprint density at radius 2 is 2.19 bits per heavy atom. The Labute approximate surface area is 156 Å². The second-order valence-electron chi connectivity index (χ2n) is 7.16.